The van der Waals surface area contributed by atoms with Gasteiger partial charge in [-0.15, -0.1) is 0 Å². The fraction of sp³-hybridized carbons (Fsp3) is 0.417. The summed E-state index contributed by atoms with van der Waals surface area (Å²) < 4.78 is 22.9. The van der Waals surface area contributed by atoms with Gasteiger partial charge in [-0.05, 0) is 12.0 Å². The van der Waals surface area contributed by atoms with Crippen molar-refractivity contribution in [2.24, 2.45) is 0 Å². The summed E-state index contributed by atoms with van der Waals surface area (Å²) in [6.45, 7) is 0.125. The molecule has 1 amide bonds. The Morgan fingerprint density at radius 3 is 2.50 bits per heavy atom. The standard InChI is InChI=1S/C12H17NO4S/c14-7-4-8-18(16,17)10-12(15)13-9-11-5-2-1-3-6-11/h1-3,5-6,14H,4,7-10H2,(H,13,15). The average Bonchev–Trinajstić information content (AvgIpc) is 2.35. The number of aliphatic hydroxyl groups excluding tert-OH is 1. The van der Waals surface area contributed by atoms with Crippen LogP contribution in [0.3, 0.4) is 0 Å². The van der Waals surface area contributed by atoms with Crippen LogP contribution in [0.15, 0.2) is 30.3 Å². The van der Waals surface area contributed by atoms with E-state index in [0.717, 1.165) is 5.56 Å². The number of aliphatic hydroxyl groups is 1. The van der Waals surface area contributed by atoms with E-state index in [1.165, 1.54) is 0 Å². The van der Waals surface area contributed by atoms with E-state index in [9.17, 15) is 13.2 Å². The Bertz CT molecular complexity index is 470. The molecule has 1 rings (SSSR count). The predicted octanol–water partition coefficient (Wildman–Crippen LogP) is 0.100. The second-order valence-corrected chi connectivity index (χ2v) is 6.12. The molecule has 0 aliphatic heterocycles. The Morgan fingerprint density at radius 1 is 1.22 bits per heavy atom. The summed E-state index contributed by atoms with van der Waals surface area (Å²) in [6.07, 6.45) is 0.161. The van der Waals surface area contributed by atoms with Crippen molar-refractivity contribution < 1.29 is 18.3 Å². The minimum absolute atomic E-state index is 0.161. The molecule has 2 N–H and O–H groups in total. The monoisotopic (exact) mass is 271 g/mol. The molecule has 0 spiro atoms. The van der Waals surface area contributed by atoms with Crippen molar-refractivity contribution in [3.63, 3.8) is 0 Å². The fourth-order valence-corrected chi connectivity index (χ4v) is 2.62. The third-order valence-corrected chi connectivity index (χ3v) is 3.91. The lowest BCUT2D eigenvalue weighted by Crippen LogP contribution is -2.31. The zero-order valence-electron chi connectivity index (χ0n) is 10.0. The molecule has 0 radical (unpaired) electrons. The van der Waals surface area contributed by atoms with Gasteiger partial charge in [0.2, 0.25) is 5.91 Å². The quantitative estimate of drug-likeness (QED) is 0.737. The van der Waals surface area contributed by atoms with Crippen LogP contribution in [0.2, 0.25) is 0 Å². The molecule has 100 valence electrons. The van der Waals surface area contributed by atoms with Gasteiger partial charge in [-0.1, -0.05) is 30.3 Å². The molecule has 0 aliphatic carbocycles. The minimum Gasteiger partial charge on any atom is -0.396 e. The summed E-state index contributed by atoms with van der Waals surface area (Å²) in [5, 5.41) is 11.1. The van der Waals surface area contributed by atoms with Gasteiger partial charge in [0.15, 0.2) is 9.84 Å². The van der Waals surface area contributed by atoms with Crippen LogP contribution in [0, 0.1) is 0 Å². The molecule has 0 saturated heterocycles. The van der Waals surface area contributed by atoms with Gasteiger partial charge in [0.25, 0.3) is 0 Å². The second-order valence-electron chi connectivity index (χ2n) is 3.93. The molecule has 1 aromatic rings. The van der Waals surface area contributed by atoms with Gasteiger partial charge in [-0.2, -0.15) is 0 Å². The molecule has 0 heterocycles. The van der Waals surface area contributed by atoms with Crippen LogP contribution < -0.4 is 5.32 Å². The highest BCUT2D eigenvalue weighted by atomic mass is 32.2. The Hall–Kier alpha value is -1.40. The van der Waals surface area contributed by atoms with Gasteiger partial charge in [-0.3, -0.25) is 4.79 Å². The summed E-state index contributed by atoms with van der Waals surface area (Å²) in [5.41, 5.74) is 0.915. The zero-order valence-corrected chi connectivity index (χ0v) is 10.8. The maximum atomic E-state index is 11.4. The molecular formula is C12H17NO4S. The number of sulfone groups is 1. The number of amides is 1. The SMILES string of the molecule is O=C(CS(=O)(=O)CCCO)NCc1ccccc1. The third-order valence-electron chi connectivity index (χ3n) is 2.30. The highest BCUT2D eigenvalue weighted by Crippen LogP contribution is 1.98. The van der Waals surface area contributed by atoms with Gasteiger partial charge >= 0.3 is 0 Å². The van der Waals surface area contributed by atoms with Gasteiger partial charge in [0.1, 0.15) is 5.75 Å². The first-order valence-electron chi connectivity index (χ1n) is 5.65. The Balaban J connectivity index is 2.38. The first-order valence-corrected chi connectivity index (χ1v) is 7.47. The van der Waals surface area contributed by atoms with Gasteiger partial charge < -0.3 is 10.4 Å². The topological polar surface area (TPSA) is 83.5 Å². The van der Waals surface area contributed by atoms with Crippen LogP contribution in [-0.2, 0) is 21.2 Å². The van der Waals surface area contributed by atoms with E-state index in [1.54, 1.807) is 0 Å². The highest BCUT2D eigenvalue weighted by Gasteiger charge is 2.15. The van der Waals surface area contributed by atoms with Gasteiger partial charge in [0, 0.05) is 13.2 Å². The van der Waals surface area contributed by atoms with Crippen molar-refractivity contribution >= 4 is 15.7 Å². The molecule has 0 saturated carbocycles. The van der Waals surface area contributed by atoms with Gasteiger partial charge in [-0.25, -0.2) is 8.42 Å². The van der Waals surface area contributed by atoms with E-state index >= 15 is 0 Å². The molecule has 0 unspecified atom stereocenters. The van der Waals surface area contributed by atoms with E-state index in [1.807, 2.05) is 30.3 Å². The fourth-order valence-electron chi connectivity index (χ4n) is 1.40. The lowest BCUT2D eigenvalue weighted by molar-refractivity contribution is -0.118. The number of hydrogen-bond donors (Lipinski definition) is 2. The third kappa shape index (κ3) is 5.79. The highest BCUT2D eigenvalue weighted by molar-refractivity contribution is 7.92. The number of hydrogen-bond acceptors (Lipinski definition) is 4. The maximum absolute atomic E-state index is 11.4. The number of benzene rings is 1. The lowest BCUT2D eigenvalue weighted by atomic mass is 10.2. The molecule has 0 atom stereocenters. The molecular weight excluding hydrogens is 254 g/mol. The number of carbonyl (C=O) groups is 1. The second kappa shape index (κ2) is 7.13. The lowest BCUT2D eigenvalue weighted by Gasteiger charge is -2.06. The Labute approximate surface area is 107 Å². The van der Waals surface area contributed by atoms with Crippen molar-refractivity contribution in [1.82, 2.24) is 5.32 Å². The zero-order chi connectivity index (χ0) is 13.4. The van der Waals surface area contributed by atoms with E-state index < -0.39 is 21.5 Å². The molecule has 0 fully saturated rings. The summed E-state index contributed by atoms with van der Waals surface area (Å²) >= 11 is 0. The molecule has 0 aromatic heterocycles. The molecule has 1 aromatic carbocycles. The van der Waals surface area contributed by atoms with Crippen LogP contribution in [0.4, 0.5) is 0 Å². The first-order chi connectivity index (χ1) is 8.53. The summed E-state index contributed by atoms with van der Waals surface area (Å²) in [7, 11) is -3.42. The van der Waals surface area contributed by atoms with Crippen molar-refractivity contribution in [3.05, 3.63) is 35.9 Å². The van der Waals surface area contributed by atoms with Gasteiger partial charge in [0.05, 0.1) is 5.75 Å². The Morgan fingerprint density at radius 2 is 1.89 bits per heavy atom. The predicted molar refractivity (Wildman–Crippen MR) is 68.6 cm³/mol. The van der Waals surface area contributed by atoms with Crippen molar-refractivity contribution in [2.75, 3.05) is 18.1 Å². The van der Waals surface area contributed by atoms with Crippen LogP contribution in [0.1, 0.15) is 12.0 Å². The summed E-state index contributed by atoms with van der Waals surface area (Å²) in [4.78, 5) is 11.4. The smallest absolute Gasteiger partial charge is 0.235 e. The maximum Gasteiger partial charge on any atom is 0.235 e. The van der Waals surface area contributed by atoms with E-state index in [2.05, 4.69) is 5.32 Å². The first kappa shape index (κ1) is 14.7. The summed E-state index contributed by atoms with van der Waals surface area (Å²) in [5.74, 6) is -1.21. The van der Waals surface area contributed by atoms with Crippen LogP contribution >= 0.6 is 0 Å². The molecule has 5 nitrogen and oxygen atoms in total. The normalized spacial score (nSPS) is 11.2. The average molecular weight is 271 g/mol. The number of nitrogens with one attached hydrogen (secondary N) is 1. The van der Waals surface area contributed by atoms with E-state index in [0.29, 0.717) is 6.54 Å². The molecule has 0 aliphatic rings. The van der Waals surface area contributed by atoms with E-state index in [4.69, 9.17) is 5.11 Å². The largest absolute Gasteiger partial charge is 0.396 e. The number of rotatable bonds is 7. The molecule has 18 heavy (non-hydrogen) atoms. The van der Waals surface area contributed by atoms with Crippen LogP contribution in [-0.4, -0.2) is 37.5 Å². The minimum atomic E-state index is -3.42. The molecule has 0 bridgehead atoms. The van der Waals surface area contributed by atoms with Crippen molar-refractivity contribution in [1.29, 1.82) is 0 Å². The molecule has 6 heteroatoms. The van der Waals surface area contributed by atoms with Crippen molar-refractivity contribution in [2.45, 2.75) is 13.0 Å². The van der Waals surface area contributed by atoms with Crippen LogP contribution in [0.5, 0.6) is 0 Å². The van der Waals surface area contributed by atoms with E-state index in [-0.39, 0.29) is 18.8 Å². The van der Waals surface area contributed by atoms with Crippen LogP contribution in [0.25, 0.3) is 0 Å². The number of carbonyl (C=O) groups excluding carboxylic acids is 1. The summed E-state index contributed by atoms with van der Waals surface area (Å²) in [6, 6.07) is 9.25. The van der Waals surface area contributed by atoms with Crippen molar-refractivity contribution in [3.8, 4) is 0 Å². The Kier molecular flexibility index (Phi) is 5.80.